The third-order valence-electron chi connectivity index (χ3n) is 7.80. The maximum Gasteiger partial charge on any atom is 0.410 e. The molecule has 1 aliphatic heterocycles. The van der Waals surface area contributed by atoms with Gasteiger partial charge in [0.25, 0.3) is 0 Å². The van der Waals surface area contributed by atoms with Crippen molar-refractivity contribution in [2.24, 2.45) is 0 Å². The SMILES string of the molecule is CC(C)(C)N(C(=O)O)C(N1CCN(Cc2cccnc2SC(c2ccccc2)c2ccc(Br)cc2)CC1)N(C(=O)O)C(C)(C)C. The Hall–Kier alpha value is -3.12. The first-order chi connectivity index (χ1) is 21.2. The van der Waals surface area contributed by atoms with Gasteiger partial charge >= 0.3 is 12.2 Å². The number of halogens is 1. The average Bonchev–Trinajstić information content (AvgIpc) is 2.96. The van der Waals surface area contributed by atoms with E-state index < -0.39 is 29.6 Å². The number of nitrogens with zero attached hydrogens (tertiary/aromatic N) is 5. The summed E-state index contributed by atoms with van der Waals surface area (Å²) in [5, 5.41) is 21.6. The highest BCUT2D eigenvalue weighted by Gasteiger charge is 2.46. The molecule has 9 nitrogen and oxygen atoms in total. The predicted molar refractivity (Wildman–Crippen MR) is 182 cm³/mol. The molecule has 1 aliphatic rings. The van der Waals surface area contributed by atoms with Gasteiger partial charge in [0.2, 0.25) is 0 Å². The van der Waals surface area contributed by atoms with Crippen LogP contribution in [0.5, 0.6) is 0 Å². The Morgan fingerprint density at radius 1 is 0.822 bits per heavy atom. The summed E-state index contributed by atoms with van der Waals surface area (Å²) in [6.07, 6.45) is -1.44. The number of hydrogen-bond acceptors (Lipinski definition) is 6. The van der Waals surface area contributed by atoms with Crippen molar-refractivity contribution in [2.75, 3.05) is 26.2 Å². The van der Waals surface area contributed by atoms with Crippen molar-refractivity contribution in [1.82, 2.24) is 24.6 Å². The number of carbonyl (C=O) groups is 2. The van der Waals surface area contributed by atoms with E-state index in [4.69, 9.17) is 4.98 Å². The summed E-state index contributed by atoms with van der Waals surface area (Å²) in [6.45, 7) is 13.8. The van der Waals surface area contributed by atoms with Crippen LogP contribution in [0.3, 0.4) is 0 Å². The van der Waals surface area contributed by atoms with E-state index in [2.05, 4.69) is 75.4 Å². The van der Waals surface area contributed by atoms with Crippen LogP contribution in [0.1, 0.15) is 63.5 Å². The van der Waals surface area contributed by atoms with Gasteiger partial charge in [-0.25, -0.2) is 14.6 Å². The molecule has 2 aromatic carbocycles. The van der Waals surface area contributed by atoms with Gasteiger partial charge in [-0.05, 0) is 76.4 Å². The summed E-state index contributed by atoms with van der Waals surface area (Å²) >= 11 is 5.29. The first kappa shape index (κ1) is 34.7. The molecule has 45 heavy (non-hydrogen) atoms. The molecule has 1 aromatic heterocycles. The number of piperazine rings is 1. The van der Waals surface area contributed by atoms with E-state index in [0.717, 1.165) is 15.1 Å². The van der Waals surface area contributed by atoms with Crippen LogP contribution in [0.15, 0.2) is 82.4 Å². The van der Waals surface area contributed by atoms with Gasteiger partial charge in [0.1, 0.15) is 5.03 Å². The molecule has 1 fully saturated rings. The van der Waals surface area contributed by atoms with Gasteiger partial charge in [0.05, 0.1) is 5.25 Å². The quantitative estimate of drug-likeness (QED) is 0.174. The molecule has 4 rings (SSSR count). The van der Waals surface area contributed by atoms with Crippen molar-refractivity contribution in [3.05, 3.63) is 94.1 Å². The summed E-state index contributed by atoms with van der Waals surface area (Å²) < 4.78 is 1.03. The zero-order chi connectivity index (χ0) is 32.9. The molecule has 1 saturated heterocycles. The number of aromatic nitrogens is 1. The molecule has 0 saturated carbocycles. The molecule has 0 spiro atoms. The standard InChI is InChI=1S/C34H44BrN5O4S/c1-33(2,3)39(31(41)42)30(40(32(43)44)34(4,5)6)38-21-19-37(20-22-38)23-26-13-10-18-36-29(26)45-28(24-11-8-7-9-12-24)25-14-16-27(35)17-15-25/h7-18,28,30H,19-23H2,1-6H3,(H,41,42)(H,43,44). The van der Waals surface area contributed by atoms with E-state index in [0.29, 0.717) is 32.7 Å². The fourth-order valence-electron chi connectivity index (χ4n) is 5.66. The Morgan fingerprint density at radius 2 is 1.36 bits per heavy atom. The van der Waals surface area contributed by atoms with Crippen LogP contribution in [0.25, 0.3) is 0 Å². The molecule has 1 atom stereocenters. The van der Waals surface area contributed by atoms with Crippen LogP contribution in [0.4, 0.5) is 9.59 Å². The van der Waals surface area contributed by atoms with E-state index in [-0.39, 0.29) is 5.25 Å². The summed E-state index contributed by atoms with van der Waals surface area (Å²) in [7, 11) is 0. The Labute approximate surface area is 279 Å². The van der Waals surface area contributed by atoms with Gasteiger partial charge in [-0.2, -0.15) is 0 Å². The fraction of sp³-hybridized carbons (Fsp3) is 0.441. The molecule has 0 radical (unpaired) electrons. The maximum atomic E-state index is 12.6. The first-order valence-electron chi connectivity index (χ1n) is 15.1. The van der Waals surface area contributed by atoms with Gasteiger partial charge < -0.3 is 10.2 Å². The molecule has 11 heteroatoms. The van der Waals surface area contributed by atoms with E-state index in [1.807, 2.05) is 23.2 Å². The molecule has 1 unspecified atom stereocenters. The lowest BCUT2D eigenvalue weighted by atomic mass is 10.0. The third kappa shape index (κ3) is 8.78. The van der Waals surface area contributed by atoms with Crippen molar-refractivity contribution >= 4 is 39.9 Å². The van der Waals surface area contributed by atoms with Gasteiger partial charge in [-0.15, -0.1) is 0 Å². The lowest BCUT2D eigenvalue weighted by molar-refractivity contribution is -0.117. The summed E-state index contributed by atoms with van der Waals surface area (Å²) in [4.78, 5) is 36.8. The van der Waals surface area contributed by atoms with Crippen molar-refractivity contribution in [3.63, 3.8) is 0 Å². The van der Waals surface area contributed by atoms with Crippen LogP contribution in [-0.2, 0) is 6.54 Å². The predicted octanol–water partition coefficient (Wildman–Crippen LogP) is 7.68. The molecular formula is C34H44BrN5O4S. The number of pyridine rings is 1. The normalized spacial score (nSPS) is 15.6. The average molecular weight is 699 g/mol. The van der Waals surface area contributed by atoms with Crippen molar-refractivity contribution in [2.45, 2.75) is 75.7 Å². The van der Waals surface area contributed by atoms with Crippen LogP contribution in [-0.4, -0.2) is 90.5 Å². The summed E-state index contributed by atoms with van der Waals surface area (Å²) in [5.74, 6) is 0. The second-order valence-electron chi connectivity index (χ2n) is 13.2. The van der Waals surface area contributed by atoms with Crippen molar-refractivity contribution < 1.29 is 19.8 Å². The Kier molecular flexibility index (Phi) is 11.2. The highest BCUT2D eigenvalue weighted by Crippen LogP contribution is 2.41. The lowest BCUT2D eigenvalue weighted by Crippen LogP contribution is -2.70. The monoisotopic (exact) mass is 697 g/mol. The van der Waals surface area contributed by atoms with E-state index in [1.54, 1.807) is 53.3 Å². The molecule has 242 valence electrons. The number of rotatable bonds is 9. The van der Waals surface area contributed by atoms with E-state index in [9.17, 15) is 19.8 Å². The molecular weight excluding hydrogens is 654 g/mol. The Bertz CT molecular complexity index is 1410. The highest BCUT2D eigenvalue weighted by molar-refractivity contribution is 9.10. The minimum Gasteiger partial charge on any atom is -0.465 e. The molecule has 3 aromatic rings. The topological polar surface area (TPSA) is 100 Å². The van der Waals surface area contributed by atoms with Gasteiger partial charge in [-0.3, -0.25) is 19.6 Å². The van der Waals surface area contributed by atoms with E-state index in [1.165, 1.54) is 20.9 Å². The van der Waals surface area contributed by atoms with Crippen LogP contribution < -0.4 is 0 Å². The highest BCUT2D eigenvalue weighted by atomic mass is 79.9. The van der Waals surface area contributed by atoms with Crippen LogP contribution >= 0.6 is 27.7 Å². The zero-order valence-corrected chi connectivity index (χ0v) is 29.3. The van der Waals surface area contributed by atoms with E-state index >= 15 is 0 Å². The third-order valence-corrected chi connectivity index (χ3v) is 9.70. The molecule has 2 amide bonds. The van der Waals surface area contributed by atoms with Crippen molar-refractivity contribution in [3.8, 4) is 0 Å². The maximum absolute atomic E-state index is 12.6. The number of hydrogen-bond donors (Lipinski definition) is 2. The second kappa shape index (κ2) is 14.5. The molecule has 0 aliphatic carbocycles. The van der Waals surface area contributed by atoms with Gasteiger partial charge in [0, 0.05) is 54.5 Å². The second-order valence-corrected chi connectivity index (χ2v) is 15.2. The van der Waals surface area contributed by atoms with Gasteiger partial charge in [-0.1, -0.05) is 76.2 Å². The fourth-order valence-corrected chi connectivity index (χ4v) is 7.14. The smallest absolute Gasteiger partial charge is 0.410 e. The molecule has 2 N–H and O–H groups in total. The largest absolute Gasteiger partial charge is 0.465 e. The minimum absolute atomic E-state index is 0.0596. The number of benzene rings is 2. The number of thioether (sulfide) groups is 1. The first-order valence-corrected chi connectivity index (χ1v) is 16.8. The van der Waals surface area contributed by atoms with Crippen LogP contribution in [0.2, 0.25) is 0 Å². The Morgan fingerprint density at radius 3 is 1.87 bits per heavy atom. The number of carboxylic acid groups (broad SMARTS) is 2. The molecule has 0 bridgehead atoms. The zero-order valence-electron chi connectivity index (χ0n) is 26.9. The van der Waals surface area contributed by atoms with Gasteiger partial charge in [0.15, 0.2) is 6.29 Å². The number of amides is 2. The van der Waals surface area contributed by atoms with Crippen LogP contribution in [0, 0.1) is 0 Å². The molecule has 2 heterocycles. The lowest BCUT2D eigenvalue weighted by Gasteiger charge is -2.53. The summed E-state index contributed by atoms with van der Waals surface area (Å²) in [6, 6.07) is 22.9. The Balaban J connectivity index is 1.56. The summed E-state index contributed by atoms with van der Waals surface area (Å²) in [5.41, 5.74) is 1.87. The van der Waals surface area contributed by atoms with Crippen molar-refractivity contribution in [1.29, 1.82) is 0 Å². The minimum atomic E-state index is -1.15.